The van der Waals surface area contributed by atoms with Gasteiger partial charge in [-0.3, -0.25) is 14.5 Å². The maximum absolute atomic E-state index is 12.7. The summed E-state index contributed by atoms with van der Waals surface area (Å²) < 4.78 is 10.5. The van der Waals surface area contributed by atoms with Gasteiger partial charge in [-0.05, 0) is 39.2 Å². The molecular formula is C19H26N2O6. The maximum atomic E-state index is 12.7. The van der Waals surface area contributed by atoms with Crippen LogP contribution in [-0.2, 0) is 25.7 Å². The molecule has 2 rings (SSSR count). The van der Waals surface area contributed by atoms with E-state index in [-0.39, 0.29) is 19.6 Å². The first-order valence-corrected chi connectivity index (χ1v) is 8.77. The largest absolute Gasteiger partial charge is 0.480 e. The number of aliphatic carboxylic acids is 1. The summed E-state index contributed by atoms with van der Waals surface area (Å²) in [5, 5.41) is 9.77. The molecule has 0 unspecified atom stereocenters. The van der Waals surface area contributed by atoms with E-state index in [0.29, 0.717) is 6.42 Å². The number of carboxylic acid groups (broad SMARTS) is 1. The van der Waals surface area contributed by atoms with Crippen LogP contribution >= 0.6 is 0 Å². The summed E-state index contributed by atoms with van der Waals surface area (Å²) in [5.74, 6) is -2.36. The number of hydrogen-bond acceptors (Lipinski definition) is 6. The summed E-state index contributed by atoms with van der Waals surface area (Å²) in [4.78, 5) is 38.2. The molecule has 1 heterocycles. The van der Waals surface area contributed by atoms with Gasteiger partial charge in [0.15, 0.2) is 5.41 Å². The molecule has 0 bridgehead atoms. The Balaban J connectivity index is 2.18. The molecule has 1 fully saturated rings. The fourth-order valence-corrected chi connectivity index (χ4v) is 3.00. The number of amides is 1. The van der Waals surface area contributed by atoms with E-state index in [1.54, 1.807) is 32.9 Å². The number of benzene rings is 1. The Morgan fingerprint density at radius 1 is 1.26 bits per heavy atom. The lowest BCUT2D eigenvalue weighted by Crippen LogP contribution is -2.66. The zero-order valence-corrected chi connectivity index (χ0v) is 15.8. The molecule has 0 radical (unpaired) electrons. The number of nitrogens with zero attached hydrogens (tertiary/aromatic N) is 1. The molecule has 0 aromatic heterocycles. The Bertz CT molecular complexity index is 700. The number of likely N-dealkylation sites (tertiary alicyclic amines) is 1. The fraction of sp³-hybridized carbons (Fsp3) is 0.526. The van der Waals surface area contributed by atoms with Crippen molar-refractivity contribution < 1.29 is 29.0 Å². The second-order valence-electron chi connectivity index (χ2n) is 7.56. The smallest absolute Gasteiger partial charge is 0.411 e. The molecule has 0 spiro atoms. The molecule has 27 heavy (non-hydrogen) atoms. The first-order valence-electron chi connectivity index (χ1n) is 8.77. The van der Waals surface area contributed by atoms with Gasteiger partial charge in [0.2, 0.25) is 0 Å². The molecule has 1 aliphatic rings. The Morgan fingerprint density at radius 3 is 2.44 bits per heavy atom. The number of rotatable bonds is 4. The molecule has 3 N–H and O–H groups in total. The van der Waals surface area contributed by atoms with Gasteiger partial charge in [0.1, 0.15) is 18.4 Å². The maximum Gasteiger partial charge on any atom is 0.411 e. The minimum absolute atomic E-state index is 0.0130. The molecule has 8 heteroatoms. The van der Waals surface area contributed by atoms with E-state index in [4.69, 9.17) is 15.2 Å². The molecule has 8 nitrogen and oxygen atoms in total. The van der Waals surface area contributed by atoms with Gasteiger partial charge in [0.25, 0.3) is 0 Å². The molecule has 2 atom stereocenters. The van der Waals surface area contributed by atoms with Gasteiger partial charge in [-0.1, -0.05) is 30.3 Å². The monoisotopic (exact) mass is 378 g/mol. The van der Waals surface area contributed by atoms with Crippen LogP contribution in [0.15, 0.2) is 30.3 Å². The van der Waals surface area contributed by atoms with Gasteiger partial charge in [0, 0.05) is 6.54 Å². The number of carbonyl (C=O) groups excluding carboxylic acids is 2. The second kappa shape index (κ2) is 7.96. The summed E-state index contributed by atoms with van der Waals surface area (Å²) in [5.41, 5.74) is 3.97. The van der Waals surface area contributed by atoms with Crippen molar-refractivity contribution in [1.82, 2.24) is 4.90 Å². The molecule has 1 amide bonds. The average Bonchev–Trinajstić information content (AvgIpc) is 2.59. The fourth-order valence-electron chi connectivity index (χ4n) is 3.00. The van der Waals surface area contributed by atoms with Crippen LogP contribution in [0.3, 0.4) is 0 Å². The van der Waals surface area contributed by atoms with Gasteiger partial charge in [-0.2, -0.15) is 0 Å². The van der Waals surface area contributed by atoms with Crippen LogP contribution in [0.5, 0.6) is 0 Å². The number of carboxylic acids is 1. The first kappa shape index (κ1) is 20.7. The van der Waals surface area contributed by atoms with Crippen molar-refractivity contribution in [2.75, 3.05) is 6.54 Å². The van der Waals surface area contributed by atoms with E-state index < -0.39 is 35.2 Å². The average molecular weight is 378 g/mol. The van der Waals surface area contributed by atoms with Gasteiger partial charge in [0.05, 0.1) is 0 Å². The highest BCUT2D eigenvalue weighted by Gasteiger charge is 2.58. The van der Waals surface area contributed by atoms with Gasteiger partial charge >= 0.3 is 18.0 Å². The molecule has 1 aliphatic heterocycles. The summed E-state index contributed by atoms with van der Waals surface area (Å²) in [6.45, 7) is 5.14. The Kier molecular flexibility index (Phi) is 6.10. The predicted octanol–water partition coefficient (Wildman–Crippen LogP) is 2.12. The first-order chi connectivity index (χ1) is 12.6. The zero-order chi connectivity index (χ0) is 20.2. The minimum Gasteiger partial charge on any atom is -0.480 e. The third-order valence-electron chi connectivity index (χ3n) is 4.40. The molecule has 148 valence electrons. The Hall–Kier alpha value is -2.61. The second-order valence-corrected chi connectivity index (χ2v) is 7.56. The number of piperidine rings is 1. The van der Waals surface area contributed by atoms with Crippen molar-refractivity contribution in [2.45, 2.75) is 52.0 Å². The lowest BCUT2D eigenvalue weighted by molar-refractivity contribution is -0.185. The van der Waals surface area contributed by atoms with Crippen LogP contribution in [0.1, 0.15) is 39.2 Å². The van der Waals surface area contributed by atoms with E-state index >= 15 is 0 Å². The van der Waals surface area contributed by atoms with Gasteiger partial charge in [-0.25, -0.2) is 4.79 Å². The summed E-state index contributed by atoms with van der Waals surface area (Å²) in [7, 11) is 0. The molecular weight excluding hydrogens is 352 g/mol. The SMILES string of the molecule is CC(C)(C)OC(=O)[C@@]1(C(=O)O)CCCN(C(=O)OCc2ccccc2)[C@H]1N. The molecule has 0 aliphatic carbocycles. The van der Waals surface area contributed by atoms with Crippen molar-refractivity contribution >= 4 is 18.0 Å². The molecule has 0 saturated carbocycles. The number of hydrogen-bond donors (Lipinski definition) is 2. The highest BCUT2D eigenvalue weighted by Crippen LogP contribution is 2.37. The Morgan fingerprint density at radius 2 is 1.89 bits per heavy atom. The number of esters is 1. The van der Waals surface area contributed by atoms with E-state index in [1.807, 2.05) is 18.2 Å². The summed E-state index contributed by atoms with van der Waals surface area (Å²) >= 11 is 0. The van der Waals surface area contributed by atoms with E-state index in [2.05, 4.69) is 0 Å². The van der Waals surface area contributed by atoms with Crippen LogP contribution in [0, 0.1) is 5.41 Å². The minimum atomic E-state index is -2.03. The molecule has 1 aromatic rings. The van der Waals surface area contributed by atoms with Crippen molar-refractivity contribution in [3.63, 3.8) is 0 Å². The predicted molar refractivity (Wildman–Crippen MR) is 96.5 cm³/mol. The number of nitrogens with two attached hydrogens (primary N) is 1. The van der Waals surface area contributed by atoms with Crippen LogP contribution in [0.2, 0.25) is 0 Å². The van der Waals surface area contributed by atoms with E-state index in [9.17, 15) is 19.5 Å². The summed E-state index contributed by atoms with van der Waals surface area (Å²) in [6, 6.07) is 9.06. The summed E-state index contributed by atoms with van der Waals surface area (Å²) in [6.07, 6.45) is -1.87. The Labute approximate surface area is 158 Å². The van der Waals surface area contributed by atoms with Gasteiger partial charge in [-0.15, -0.1) is 0 Å². The standard InChI is InChI=1S/C19H26N2O6/c1-18(2,3)27-16(24)19(15(22)23)10-7-11-21(14(19)20)17(25)26-12-13-8-5-4-6-9-13/h4-6,8-9,14H,7,10-12,20H2,1-3H3,(H,22,23)/t14-,19+/m1/s1. The molecule has 1 saturated heterocycles. The number of carbonyl (C=O) groups is 3. The van der Waals surface area contributed by atoms with Crippen LogP contribution in [0.4, 0.5) is 4.79 Å². The third kappa shape index (κ3) is 4.57. The lowest BCUT2D eigenvalue weighted by Gasteiger charge is -2.43. The van der Waals surface area contributed by atoms with E-state index in [1.165, 1.54) is 0 Å². The van der Waals surface area contributed by atoms with Gasteiger partial charge < -0.3 is 20.3 Å². The quantitative estimate of drug-likeness (QED) is 0.608. The molecule has 1 aromatic carbocycles. The lowest BCUT2D eigenvalue weighted by atomic mass is 9.76. The van der Waals surface area contributed by atoms with Crippen LogP contribution in [-0.4, -0.2) is 46.3 Å². The normalized spacial score (nSPS) is 22.8. The van der Waals surface area contributed by atoms with Crippen molar-refractivity contribution in [3.8, 4) is 0 Å². The highest BCUT2D eigenvalue weighted by atomic mass is 16.6. The van der Waals surface area contributed by atoms with Crippen molar-refractivity contribution in [2.24, 2.45) is 11.1 Å². The number of ether oxygens (including phenoxy) is 2. The zero-order valence-electron chi connectivity index (χ0n) is 15.8. The van der Waals surface area contributed by atoms with Crippen LogP contribution < -0.4 is 5.73 Å². The van der Waals surface area contributed by atoms with Crippen molar-refractivity contribution in [1.29, 1.82) is 0 Å². The third-order valence-corrected chi connectivity index (χ3v) is 4.40. The van der Waals surface area contributed by atoms with Crippen molar-refractivity contribution in [3.05, 3.63) is 35.9 Å². The van der Waals surface area contributed by atoms with Crippen LogP contribution in [0.25, 0.3) is 0 Å². The topological polar surface area (TPSA) is 119 Å². The van der Waals surface area contributed by atoms with E-state index in [0.717, 1.165) is 10.5 Å². The highest BCUT2D eigenvalue weighted by molar-refractivity contribution is 6.00.